The molecule has 2 unspecified atom stereocenters. The van der Waals surface area contributed by atoms with E-state index in [-0.39, 0.29) is 5.56 Å². The number of benzene rings is 1. The summed E-state index contributed by atoms with van der Waals surface area (Å²) < 4.78 is 0. The monoisotopic (exact) mass is 237 g/mol. The van der Waals surface area contributed by atoms with Gasteiger partial charge in [-0.05, 0) is 17.7 Å². The van der Waals surface area contributed by atoms with E-state index in [1.54, 1.807) is 24.3 Å². The SMILES string of the molecule is O=C(O)c1ccc(CN2CC(O)C(O)C2)cc1. The van der Waals surface area contributed by atoms with Crippen molar-refractivity contribution in [2.75, 3.05) is 13.1 Å². The molecule has 1 heterocycles. The number of hydrogen-bond acceptors (Lipinski definition) is 4. The number of carbonyl (C=O) groups is 1. The van der Waals surface area contributed by atoms with Gasteiger partial charge in [-0.2, -0.15) is 0 Å². The molecule has 1 aromatic carbocycles. The molecule has 1 aliphatic heterocycles. The minimum absolute atomic E-state index is 0.259. The fourth-order valence-electron chi connectivity index (χ4n) is 1.99. The van der Waals surface area contributed by atoms with Gasteiger partial charge in [0.2, 0.25) is 0 Å². The molecular weight excluding hydrogens is 222 g/mol. The minimum atomic E-state index is -0.941. The number of aliphatic hydroxyl groups excluding tert-OH is 2. The van der Waals surface area contributed by atoms with Gasteiger partial charge in [0.25, 0.3) is 0 Å². The summed E-state index contributed by atoms with van der Waals surface area (Å²) in [6, 6.07) is 6.61. The maximum absolute atomic E-state index is 10.7. The Morgan fingerprint density at radius 1 is 1.18 bits per heavy atom. The summed E-state index contributed by atoms with van der Waals surface area (Å²) in [7, 11) is 0. The number of β-amino-alcohol motifs (C(OH)–C–C–N with tert-alkyl or cyclic N) is 2. The van der Waals surface area contributed by atoms with Gasteiger partial charge in [-0.15, -0.1) is 0 Å². The Morgan fingerprint density at radius 2 is 1.71 bits per heavy atom. The van der Waals surface area contributed by atoms with Crippen LogP contribution >= 0.6 is 0 Å². The molecule has 0 aliphatic carbocycles. The van der Waals surface area contributed by atoms with Crippen molar-refractivity contribution in [1.82, 2.24) is 4.90 Å². The third-order valence-corrected chi connectivity index (χ3v) is 2.94. The molecule has 5 heteroatoms. The van der Waals surface area contributed by atoms with Crippen LogP contribution in [-0.4, -0.2) is 51.5 Å². The van der Waals surface area contributed by atoms with E-state index < -0.39 is 18.2 Å². The molecule has 0 bridgehead atoms. The number of carboxylic acid groups (broad SMARTS) is 1. The molecular formula is C12H15NO4. The molecule has 1 saturated heterocycles. The third kappa shape index (κ3) is 2.82. The van der Waals surface area contributed by atoms with Crippen LogP contribution in [0.1, 0.15) is 15.9 Å². The summed E-state index contributed by atoms with van der Waals surface area (Å²) in [4.78, 5) is 12.6. The largest absolute Gasteiger partial charge is 0.478 e. The predicted octanol–water partition coefficient (Wildman–Crippen LogP) is -0.0778. The summed E-state index contributed by atoms with van der Waals surface area (Å²) in [5.74, 6) is -0.941. The number of likely N-dealkylation sites (tertiary alicyclic amines) is 1. The van der Waals surface area contributed by atoms with Crippen LogP contribution in [0.3, 0.4) is 0 Å². The highest BCUT2D eigenvalue weighted by atomic mass is 16.4. The van der Waals surface area contributed by atoms with E-state index in [0.717, 1.165) is 5.56 Å². The Balaban J connectivity index is 1.98. The Bertz CT molecular complexity index is 393. The Hall–Kier alpha value is -1.43. The van der Waals surface area contributed by atoms with Crippen LogP contribution in [0.4, 0.5) is 0 Å². The highest BCUT2D eigenvalue weighted by Gasteiger charge is 2.29. The van der Waals surface area contributed by atoms with Crippen LogP contribution in [0.15, 0.2) is 24.3 Å². The first kappa shape index (κ1) is 12.0. The zero-order valence-electron chi connectivity index (χ0n) is 9.28. The van der Waals surface area contributed by atoms with Gasteiger partial charge in [0.15, 0.2) is 0 Å². The van der Waals surface area contributed by atoms with Crippen molar-refractivity contribution in [3.8, 4) is 0 Å². The minimum Gasteiger partial charge on any atom is -0.478 e. The van der Waals surface area contributed by atoms with Crippen LogP contribution in [0.5, 0.6) is 0 Å². The number of aliphatic hydroxyl groups is 2. The Labute approximate surface area is 98.9 Å². The molecule has 1 fully saturated rings. The summed E-state index contributed by atoms with van der Waals surface area (Å²) in [5, 5.41) is 27.5. The van der Waals surface area contributed by atoms with Crippen molar-refractivity contribution in [3.05, 3.63) is 35.4 Å². The van der Waals surface area contributed by atoms with Crippen LogP contribution in [0.2, 0.25) is 0 Å². The van der Waals surface area contributed by atoms with Gasteiger partial charge in [-0.1, -0.05) is 12.1 Å². The highest BCUT2D eigenvalue weighted by molar-refractivity contribution is 5.87. The second-order valence-corrected chi connectivity index (χ2v) is 4.33. The van der Waals surface area contributed by atoms with Crippen LogP contribution in [-0.2, 0) is 6.54 Å². The number of hydrogen-bond donors (Lipinski definition) is 3. The maximum Gasteiger partial charge on any atom is 0.335 e. The quantitative estimate of drug-likeness (QED) is 0.685. The Morgan fingerprint density at radius 3 is 2.18 bits per heavy atom. The number of carboxylic acids is 1. The van der Waals surface area contributed by atoms with Crippen LogP contribution < -0.4 is 0 Å². The zero-order chi connectivity index (χ0) is 12.4. The molecule has 0 spiro atoms. The lowest BCUT2D eigenvalue weighted by Gasteiger charge is -2.14. The predicted molar refractivity (Wildman–Crippen MR) is 60.7 cm³/mol. The molecule has 0 radical (unpaired) electrons. The van der Waals surface area contributed by atoms with Crippen molar-refractivity contribution in [2.45, 2.75) is 18.8 Å². The van der Waals surface area contributed by atoms with Gasteiger partial charge in [-0.3, -0.25) is 4.90 Å². The van der Waals surface area contributed by atoms with E-state index in [1.165, 1.54) is 0 Å². The molecule has 3 N–H and O–H groups in total. The average Bonchev–Trinajstić information content (AvgIpc) is 2.58. The molecule has 17 heavy (non-hydrogen) atoms. The van der Waals surface area contributed by atoms with Gasteiger partial charge in [0.1, 0.15) is 0 Å². The van der Waals surface area contributed by atoms with Gasteiger partial charge >= 0.3 is 5.97 Å². The number of aromatic carboxylic acids is 1. The smallest absolute Gasteiger partial charge is 0.335 e. The molecule has 0 amide bonds. The van der Waals surface area contributed by atoms with E-state index in [2.05, 4.69) is 0 Å². The molecule has 2 rings (SSSR count). The zero-order valence-corrected chi connectivity index (χ0v) is 9.28. The van der Waals surface area contributed by atoms with Gasteiger partial charge < -0.3 is 15.3 Å². The molecule has 0 saturated carbocycles. The lowest BCUT2D eigenvalue weighted by Crippen LogP contribution is -2.22. The maximum atomic E-state index is 10.7. The van der Waals surface area contributed by atoms with Gasteiger partial charge in [0.05, 0.1) is 17.8 Å². The van der Waals surface area contributed by atoms with E-state index in [9.17, 15) is 15.0 Å². The molecule has 0 aromatic heterocycles. The van der Waals surface area contributed by atoms with E-state index in [0.29, 0.717) is 19.6 Å². The number of nitrogens with zero attached hydrogens (tertiary/aromatic N) is 1. The number of rotatable bonds is 3. The van der Waals surface area contributed by atoms with Gasteiger partial charge in [-0.25, -0.2) is 4.79 Å². The fraction of sp³-hybridized carbons (Fsp3) is 0.417. The second-order valence-electron chi connectivity index (χ2n) is 4.33. The van der Waals surface area contributed by atoms with Crippen LogP contribution in [0.25, 0.3) is 0 Å². The van der Waals surface area contributed by atoms with E-state index >= 15 is 0 Å². The normalized spacial score (nSPS) is 25.1. The average molecular weight is 237 g/mol. The summed E-state index contributed by atoms with van der Waals surface area (Å²) in [6.45, 7) is 1.50. The summed E-state index contributed by atoms with van der Waals surface area (Å²) >= 11 is 0. The standard InChI is InChI=1S/C12H15NO4/c14-10-6-13(7-11(10)15)5-8-1-3-9(4-2-8)12(16)17/h1-4,10-11,14-15H,5-7H2,(H,16,17). The van der Waals surface area contributed by atoms with Crippen molar-refractivity contribution in [3.63, 3.8) is 0 Å². The highest BCUT2D eigenvalue weighted by Crippen LogP contribution is 2.14. The van der Waals surface area contributed by atoms with Crippen molar-refractivity contribution in [2.24, 2.45) is 0 Å². The van der Waals surface area contributed by atoms with E-state index in [4.69, 9.17) is 5.11 Å². The van der Waals surface area contributed by atoms with Gasteiger partial charge in [0, 0.05) is 19.6 Å². The lowest BCUT2D eigenvalue weighted by molar-refractivity contribution is 0.0572. The molecule has 92 valence electrons. The molecule has 1 aromatic rings. The fourth-order valence-corrected chi connectivity index (χ4v) is 1.99. The second kappa shape index (κ2) is 4.83. The van der Waals surface area contributed by atoms with Crippen molar-refractivity contribution < 1.29 is 20.1 Å². The molecule has 2 atom stereocenters. The first-order valence-corrected chi connectivity index (χ1v) is 5.47. The van der Waals surface area contributed by atoms with E-state index in [1.807, 2.05) is 4.90 Å². The topological polar surface area (TPSA) is 81.0 Å². The summed E-state index contributed by atoms with van der Waals surface area (Å²) in [5.41, 5.74) is 1.23. The van der Waals surface area contributed by atoms with Crippen molar-refractivity contribution >= 4 is 5.97 Å². The lowest BCUT2D eigenvalue weighted by atomic mass is 10.1. The summed E-state index contributed by atoms with van der Waals surface area (Å²) in [6.07, 6.45) is -1.37. The first-order chi connectivity index (χ1) is 8.06. The first-order valence-electron chi connectivity index (χ1n) is 5.47. The van der Waals surface area contributed by atoms with Crippen LogP contribution in [0, 0.1) is 0 Å². The van der Waals surface area contributed by atoms with Crippen molar-refractivity contribution in [1.29, 1.82) is 0 Å². The third-order valence-electron chi connectivity index (χ3n) is 2.94. The Kier molecular flexibility index (Phi) is 3.42. The molecule has 1 aliphatic rings. The molecule has 5 nitrogen and oxygen atoms in total.